The van der Waals surface area contributed by atoms with Crippen LogP contribution in [0.4, 0.5) is 0 Å². The minimum Gasteiger partial charge on any atom is -1.00 e. The maximum Gasteiger partial charge on any atom is 1.00 e. The maximum absolute atomic E-state index is 10.2. The van der Waals surface area contributed by atoms with Crippen molar-refractivity contribution < 1.29 is 71.9 Å². The Morgan fingerprint density at radius 3 is 2.09 bits per heavy atom. The fourth-order valence-electron chi connectivity index (χ4n) is 0.888. The molecule has 0 aliphatic heterocycles. The smallest absolute Gasteiger partial charge is 1.00 e. The van der Waals surface area contributed by atoms with Gasteiger partial charge < -0.3 is 7.96 Å². The van der Waals surface area contributed by atoms with E-state index in [4.69, 9.17) is 5.11 Å². The number of carboxylic acids is 1. The van der Waals surface area contributed by atoms with E-state index in [9.17, 15) is 4.79 Å². The van der Waals surface area contributed by atoms with E-state index in [-0.39, 0.29) is 67.4 Å². The summed E-state index contributed by atoms with van der Waals surface area (Å²) >= 11 is 4.07. The summed E-state index contributed by atoms with van der Waals surface area (Å²) < 4.78 is 0. The predicted molar refractivity (Wildman–Crippen MR) is 40.0 cm³/mol. The molecule has 0 unspecified atom stereocenters. The van der Waals surface area contributed by atoms with Crippen molar-refractivity contribution >= 4 is 18.6 Å². The molecule has 5 heteroatoms. The number of carbonyl (C=O) groups is 1. The van der Waals surface area contributed by atoms with Gasteiger partial charge in [0.1, 0.15) is 0 Å². The molecule has 0 radical (unpaired) electrons. The average molecular weight is 194 g/mol. The molecular formula is C6H12Na2O2S. The van der Waals surface area contributed by atoms with E-state index < -0.39 is 5.97 Å². The first-order valence-corrected chi connectivity index (χ1v) is 3.64. The number of thiol groups is 1. The topological polar surface area (TPSA) is 37.3 Å². The summed E-state index contributed by atoms with van der Waals surface area (Å²) in [5.74, 6) is 0.0285. The third-order valence-electron chi connectivity index (χ3n) is 1.82. The first-order chi connectivity index (χ1) is 4.18. The number of hydrogen-bond donors (Lipinski definition) is 2. The van der Waals surface area contributed by atoms with Crippen molar-refractivity contribution in [3.8, 4) is 0 Å². The molecule has 0 spiro atoms. The molecule has 11 heavy (non-hydrogen) atoms. The number of aliphatic carboxylic acids is 1. The van der Waals surface area contributed by atoms with E-state index in [2.05, 4.69) is 12.6 Å². The van der Waals surface area contributed by atoms with E-state index in [0.29, 0.717) is 6.42 Å². The SMILES string of the molecule is O=C(O)CC1(CS)CC1.[H-].[H-].[Na+].[Na+]. The van der Waals surface area contributed by atoms with Gasteiger partial charge in [0.15, 0.2) is 0 Å². The van der Waals surface area contributed by atoms with Crippen molar-refractivity contribution in [2.24, 2.45) is 5.41 Å². The largest absolute Gasteiger partial charge is 1.00 e. The second kappa shape index (κ2) is 6.30. The third kappa shape index (κ3) is 5.19. The van der Waals surface area contributed by atoms with Crippen molar-refractivity contribution in [3.05, 3.63) is 0 Å². The molecule has 0 aromatic carbocycles. The molecule has 1 saturated carbocycles. The molecule has 0 heterocycles. The van der Waals surface area contributed by atoms with Gasteiger partial charge in [0, 0.05) is 0 Å². The molecular weight excluding hydrogens is 182 g/mol. The zero-order valence-corrected chi connectivity index (χ0v) is 12.0. The van der Waals surface area contributed by atoms with E-state index in [1.807, 2.05) is 0 Å². The third-order valence-corrected chi connectivity index (χ3v) is 2.49. The minimum atomic E-state index is -0.693. The summed E-state index contributed by atoms with van der Waals surface area (Å²) in [4.78, 5) is 10.2. The van der Waals surface area contributed by atoms with Gasteiger partial charge in [0.2, 0.25) is 0 Å². The zero-order valence-electron chi connectivity index (χ0n) is 9.13. The van der Waals surface area contributed by atoms with Gasteiger partial charge in [0.25, 0.3) is 0 Å². The van der Waals surface area contributed by atoms with Crippen LogP contribution in [0.5, 0.6) is 0 Å². The van der Waals surface area contributed by atoms with Crippen LogP contribution in [0.1, 0.15) is 22.1 Å². The van der Waals surface area contributed by atoms with E-state index >= 15 is 0 Å². The molecule has 1 fully saturated rings. The molecule has 2 nitrogen and oxygen atoms in total. The normalized spacial score (nSPS) is 17.5. The summed E-state index contributed by atoms with van der Waals surface area (Å²) in [7, 11) is 0. The Labute approximate surface area is 119 Å². The van der Waals surface area contributed by atoms with Gasteiger partial charge >= 0.3 is 65.1 Å². The molecule has 1 rings (SSSR count). The van der Waals surface area contributed by atoms with Crippen LogP contribution in [-0.4, -0.2) is 16.8 Å². The molecule has 0 bridgehead atoms. The molecule has 0 atom stereocenters. The summed E-state index contributed by atoms with van der Waals surface area (Å²) in [6, 6.07) is 0. The Kier molecular flexibility index (Phi) is 8.76. The first-order valence-electron chi connectivity index (χ1n) is 3.01. The Morgan fingerprint density at radius 2 is 2.00 bits per heavy atom. The Balaban J connectivity index is -0.000000101. The van der Waals surface area contributed by atoms with Gasteiger partial charge in [-0.25, -0.2) is 0 Å². The molecule has 0 aromatic rings. The van der Waals surface area contributed by atoms with Gasteiger partial charge in [-0.05, 0) is 24.0 Å². The van der Waals surface area contributed by atoms with E-state index in [1.165, 1.54) is 0 Å². The van der Waals surface area contributed by atoms with Gasteiger partial charge in [0.05, 0.1) is 6.42 Å². The van der Waals surface area contributed by atoms with Gasteiger partial charge in [-0.3, -0.25) is 4.79 Å². The summed E-state index contributed by atoms with van der Waals surface area (Å²) in [6.07, 6.45) is 2.39. The Morgan fingerprint density at radius 1 is 1.55 bits per heavy atom. The Hall–Kier alpha value is 1.82. The van der Waals surface area contributed by atoms with Crippen LogP contribution in [0.25, 0.3) is 0 Å². The molecule has 1 aliphatic rings. The Bertz CT molecular complexity index is 145. The molecule has 0 amide bonds. The molecule has 1 N–H and O–H groups in total. The fraction of sp³-hybridized carbons (Fsp3) is 0.833. The van der Waals surface area contributed by atoms with Gasteiger partial charge in [-0.1, -0.05) is 0 Å². The predicted octanol–water partition coefficient (Wildman–Crippen LogP) is -4.60. The maximum atomic E-state index is 10.2. The van der Waals surface area contributed by atoms with Crippen LogP contribution in [0, 0.1) is 5.41 Å². The quantitative estimate of drug-likeness (QED) is 0.350. The van der Waals surface area contributed by atoms with Crippen LogP contribution in [0.2, 0.25) is 0 Å². The molecule has 0 aromatic heterocycles. The van der Waals surface area contributed by atoms with Gasteiger partial charge in [-0.15, -0.1) is 0 Å². The minimum absolute atomic E-state index is 0. The van der Waals surface area contributed by atoms with Crippen molar-refractivity contribution in [3.63, 3.8) is 0 Å². The van der Waals surface area contributed by atoms with Crippen LogP contribution >= 0.6 is 12.6 Å². The summed E-state index contributed by atoms with van der Waals surface area (Å²) in [5, 5.41) is 8.39. The standard InChI is InChI=1S/C6H10O2S.2Na.2H/c7-5(8)3-6(4-9)1-2-6;;;;/h9H,1-4H2,(H,7,8);;;;/q;2*+1;2*-1. The van der Waals surface area contributed by atoms with Crippen LogP contribution in [0.15, 0.2) is 0 Å². The van der Waals surface area contributed by atoms with Crippen molar-refractivity contribution in [1.29, 1.82) is 0 Å². The zero-order chi connectivity index (χ0) is 6.91. The van der Waals surface area contributed by atoms with E-state index in [1.54, 1.807) is 0 Å². The van der Waals surface area contributed by atoms with Crippen molar-refractivity contribution in [2.75, 3.05) is 5.75 Å². The van der Waals surface area contributed by atoms with Crippen LogP contribution < -0.4 is 59.1 Å². The number of rotatable bonds is 3. The van der Waals surface area contributed by atoms with E-state index in [0.717, 1.165) is 18.6 Å². The second-order valence-corrected chi connectivity index (χ2v) is 3.04. The molecule has 0 saturated heterocycles. The van der Waals surface area contributed by atoms with Crippen LogP contribution in [0.3, 0.4) is 0 Å². The summed E-state index contributed by atoms with van der Waals surface area (Å²) in [6.45, 7) is 0. The molecule has 56 valence electrons. The monoisotopic (exact) mass is 194 g/mol. The summed E-state index contributed by atoms with van der Waals surface area (Å²) in [5.41, 5.74) is 0.0783. The second-order valence-electron chi connectivity index (χ2n) is 2.73. The molecule has 1 aliphatic carbocycles. The van der Waals surface area contributed by atoms with Crippen LogP contribution in [-0.2, 0) is 4.79 Å². The first kappa shape index (κ1) is 15.3. The number of carboxylic acid groups (broad SMARTS) is 1. The van der Waals surface area contributed by atoms with Gasteiger partial charge in [-0.2, -0.15) is 12.6 Å². The number of hydrogen-bond acceptors (Lipinski definition) is 2. The average Bonchev–Trinajstić information content (AvgIpc) is 2.48. The fourth-order valence-corrected chi connectivity index (χ4v) is 1.32. The van der Waals surface area contributed by atoms with Crippen molar-refractivity contribution in [2.45, 2.75) is 19.3 Å². The van der Waals surface area contributed by atoms with Crippen molar-refractivity contribution in [1.82, 2.24) is 0 Å².